The van der Waals surface area contributed by atoms with Crippen molar-refractivity contribution in [2.75, 3.05) is 26.3 Å². The van der Waals surface area contributed by atoms with Gasteiger partial charge in [0.2, 0.25) is 11.8 Å². The number of benzene rings is 1. The smallest absolute Gasteiger partial charge is 0.312 e. The van der Waals surface area contributed by atoms with Crippen LogP contribution in [-0.4, -0.2) is 76.2 Å². The molecule has 1 aromatic carbocycles. The summed E-state index contributed by atoms with van der Waals surface area (Å²) in [5.41, 5.74) is -1.37. The standard InChI is InChI=1S/C32H44N2O6/c1-5-8-13-20-33(19-7-3)29(37)27-32-18-17-31(4,40-32)26(30(38)39-21-14-9-6-2)25(32)28(36)34(27)24(22-35)23-15-11-10-12-16-23/h6-7,10-12,15-16,24-27,35H,2-3,5,8-9,13-14,17-22H2,1,4H3/t24-,25+,26-,27?,31+,32?/m1/s1. The number of rotatable bonds is 15. The van der Waals surface area contributed by atoms with E-state index in [2.05, 4.69) is 20.1 Å². The summed E-state index contributed by atoms with van der Waals surface area (Å²) in [6.45, 7) is 12.3. The van der Waals surface area contributed by atoms with Gasteiger partial charge in [-0.05, 0) is 44.6 Å². The normalized spacial score (nSPS) is 29.2. The monoisotopic (exact) mass is 552 g/mol. The first-order chi connectivity index (χ1) is 19.3. The number of carbonyl (C=O) groups excluding carboxylic acids is 3. The molecule has 0 saturated carbocycles. The molecule has 8 heteroatoms. The van der Waals surface area contributed by atoms with Gasteiger partial charge in [0.05, 0.1) is 30.8 Å². The van der Waals surface area contributed by atoms with Crippen molar-refractivity contribution in [1.82, 2.24) is 9.80 Å². The maximum absolute atomic E-state index is 14.5. The highest BCUT2D eigenvalue weighted by atomic mass is 16.6. The molecule has 3 aliphatic heterocycles. The summed E-state index contributed by atoms with van der Waals surface area (Å²) in [5.74, 6) is -2.74. The van der Waals surface area contributed by atoms with Crippen LogP contribution in [0.4, 0.5) is 0 Å². The molecule has 0 radical (unpaired) electrons. The van der Waals surface area contributed by atoms with E-state index in [0.29, 0.717) is 32.4 Å². The van der Waals surface area contributed by atoms with Crippen LogP contribution in [0, 0.1) is 11.8 Å². The van der Waals surface area contributed by atoms with E-state index in [4.69, 9.17) is 9.47 Å². The minimum atomic E-state index is -1.18. The predicted molar refractivity (Wildman–Crippen MR) is 152 cm³/mol. The van der Waals surface area contributed by atoms with Crippen molar-refractivity contribution in [3.63, 3.8) is 0 Å². The number of fused-ring (bicyclic) bond motifs is 1. The Labute approximate surface area is 238 Å². The molecule has 0 aromatic heterocycles. The van der Waals surface area contributed by atoms with Gasteiger partial charge in [-0.2, -0.15) is 0 Å². The molecule has 3 fully saturated rings. The Hall–Kier alpha value is -2.97. The van der Waals surface area contributed by atoms with Crippen LogP contribution in [-0.2, 0) is 23.9 Å². The summed E-state index contributed by atoms with van der Waals surface area (Å²) < 4.78 is 12.4. The Balaban J connectivity index is 1.76. The van der Waals surface area contributed by atoms with Crippen LogP contribution in [0.15, 0.2) is 55.6 Å². The van der Waals surface area contributed by atoms with Gasteiger partial charge in [0.15, 0.2) is 0 Å². The summed E-state index contributed by atoms with van der Waals surface area (Å²) in [7, 11) is 0. The fourth-order valence-corrected chi connectivity index (χ4v) is 7.03. The topological polar surface area (TPSA) is 96.4 Å². The largest absolute Gasteiger partial charge is 0.465 e. The zero-order valence-electron chi connectivity index (χ0n) is 23.9. The molecule has 3 heterocycles. The fraction of sp³-hybridized carbons (Fsp3) is 0.594. The van der Waals surface area contributed by atoms with Gasteiger partial charge in [0.1, 0.15) is 17.6 Å². The molecular weight excluding hydrogens is 508 g/mol. The molecule has 4 rings (SSSR count). The minimum absolute atomic E-state index is 0.227. The van der Waals surface area contributed by atoms with Gasteiger partial charge in [-0.15, -0.1) is 13.2 Å². The summed E-state index contributed by atoms with van der Waals surface area (Å²) >= 11 is 0. The van der Waals surface area contributed by atoms with E-state index in [1.54, 1.807) is 17.1 Å². The number of hydrogen-bond donors (Lipinski definition) is 1. The zero-order chi connectivity index (χ0) is 28.9. The van der Waals surface area contributed by atoms with Crippen LogP contribution in [0.25, 0.3) is 0 Å². The summed E-state index contributed by atoms with van der Waals surface area (Å²) in [6, 6.07) is 7.49. The quantitative estimate of drug-likeness (QED) is 0.199. The number of carbonyl (C=O) groups is 3. The van der Waals surface area contributed by atoms with E-state index >= 15 is 0 Å². The van der Waals surface area contributed by atoms with Crippen LogP contribution in [0.3, 0.4) is 0 Å². The molecule has 2 unspecified atom stereocenters. The van der Waals surface area contributed by atoms with Crippen LogP contribution in [0.1, 0.15) is 70.4 Å². The van der Waals surface area contributed by atoms with E-state index in [1.807, 2.05) is 37.3 Å². The number of amides is 2. The first-order valence-corrected chi connectivity index (χ1v) is 14.6. The van der Waals surface area contributed by atoms with Gasteiger partial charge in [-0.25, -0.2) is 0 Å². The lowest BCUT2D eigenvalue weighted by atomic mass is 9.66. The molecule has 6 atom stereocenters. The third kappa shape index (κ3) is 5.23. The highest BCUT2D eigenvalue weighted by molar-refractivity contribution is 5.98. The van der Waals surface area contributed by atoms with Crippen molar-refractivity contribution in [2.45, 2.75) is 82.1 Å². The third-order valence-electron chi connectivity index (χ3n) is 8.89. The lowest BCUT2D eigenvalue weighted by Crippen LogP contribution is -2.57. The highest BCUT2D eigenvalue weighted by Crippen LogP contribution is 2.64. The Morgan fingerprint density at radius 3 is 2.60 bits per heavy atom. The number of allylic oxidation sites excluding steroid dienone is 1. The number of unbranched alkanes of at least 4 members (excludes halogenated alkanes) is 3. The average molecular weight is 553 g/mol. The maximum atomic E-state index is 14.5. The maximum Gasteiger partial charge on any atom is 0.312 e. The first kappa shape index (κ1) is 30.0. The van der Waals surface area contributed by atoms with Crippen molar-refractivity contribution in [3.8, 4) is 0 Å². The van der Waals surface area contributed by atoms with Gasteiger partial charge in [0, 0.05) is 13.1 Å². The molecule has 40 heavy (non-hydrogen) atoms. The first-order valence-electron chi connectivity index (χ1n) is 14.6. The molecule has 8 nitrogen and oxygen atoms in total. The van der Waals surface area contributed by atoms with Crippen LogP contribution in [0.2, 0.25) is 0 Å². The number of likely N-dealkylation sites (tertiary alicyclic amines) is 1. The Kier molecular flexibility index (Phi) is 9.52. The summed E-state index contributed by atoms with van der Waals surface area (Å²) in [6.07, 6.45) is 8.64. The number of nitrogens with zero attached hydrogens (tertiary/aromatic N) is 2. The van der Waals surface area contributed by atoms with E-state index in [1.165, 1.54) is 4.90 Å². The minimum Gasteiger partial charge on any atom is -0.465 e. The average Bonchev–Trinajstić information content (AvgIpc) is 3.52. The number of aliphatic hydroxyl groups excluding tert-OH is 1. The molecule has 2 amide bonds. The molecule has 3 saturated heterocycles. The van der Waals surface area contributed by atoms with Crippen molar-refractivity contribution < 1.29 is 29.0 Å². The lowest BCUT2D eigenvalue weighted by Gasteiger charge is -2.39. The number of ether oxygens (including phenoxy) is 2. The Bertz CT molecular complexity index is 1090. The molecule has 2 bridgehead atoms. The zero-order valence-corrected chi connectivity index (χ0v) is 23.9. The number of hydrogen-bond acceptors (Lipinski definition) is 6. The van der Waals surface area contributed by atoms with Crippen LogP contribution < -0.4 is 0 Å². The van der Waals surface area contributed by atoms with Crippen LogP contribution in [0.5, 0.6) is 0 Å². The highest BCUT2D eigenvalue weighted by Gasteiger charge is 2.79. The van der Waals surface area contributed by atoms with E-state index in [0.717, 1.165) is 31.2 Å². The lowest BCUT2D eigenvalue weighted by molar-refractivity contribution is -0.162. The number of aliphatic hydroxyl groups is 1. The molecule has 1 spiro atoms. The van der Waals surface area contributed by atoms with Crippen molar-refractivity contribution in [2.24, 2.45) is 11.8 Å². The van der Waals surface area contributed by atoms with Gasteiger partial charge >= 0.3 is 5.97 Å². The van der Waals surface area contributed by atoms with Gasteiger partial charge < -0.3 is 24.4 Å². The van der Waals surface area contributed by atoms with Gasteiger partial charge in [-0.1, -0.05) is 62.2 Å². The van der Waals surface area contributed by atoms with Crippen molar-refractivity contribution in [1.29, 1.82) is 0 Å². The van der Waals surface area contributed by atoms with Crippen molar-refractivity contribution in [3.05, 3.63) is 61.2 Å². The summed E-state index contributed by atoms with van der Waals surface area (Å²) in [4.78, 5) is 45.7. The second kappa shape index (κ2) is 12.7. The Morgan fingerprint density at radius 1 is 1.20 bits per heavy atom. The second-order valence-corrected chi connectivity index (χ2v) is 11.5. The predicted octanol–water partition coefficient (Wildman–Crippen LogP) is 4.20. The SMILES string of the molecule is C=CCCCOC(=O)[C@H]1[C@H]2C(=O)N([C@H](CO)c3ccccc3)C(C(=O)N(CC=C)CCCCC)C23CC[C@]1(C)O3. The molecular formula is C32H44N2O6. The second-order valence-electron chi connectivity index (χ2n) is 11.5. The van der Waals surface area contributed by atoms with Crippen LogP contribution >= 0.6 is 0 Å². The molecule has 1 aromatic rings. The van der Waals surface area contributed by atoms with E-state index < -0.39 is 41.1 Å². The Morgan fingerprint density at radius 2 is 1.95 bits per heavy atom. The molecule has 3 aliphatic rings. The van der Waals surface area contributed by atoms with E-state index in [9.17, 15) is 19.5 Å². The van der Waals surface area contributed by atoms with Gasteiger partial charge in [0.25, 0.3) is 0 Å². The van der Waals surface area contributed by atoms with Gasteiger partial charge in [-0.3, -0.25) is 14.4 Å². The molecule has 218 valence electrons. The molecule has 0 aliphatic carbocycles. The fourth-order valence-electron chi connectivity index (χ4n) is 7.03. The number of esters is 1. The van der Waals surface area contributed by atoms with E-state index in [-0.39, 0.29) is 25.0 Å². The van der Waals surface area contributed by atoms with Crippen molar-refractivity contribution >= 4 is 17.8 Å². The summed E-state index contributed by atoms with van der Waals surface area (Å²) in [5, 5.41) is 10.6. The third-order valence-corrected chi connectivity index (χ3v) is 8.89. The molecule has 1 N–H and O–H groups in total.